The summed E-state index contributed by atoms with van der Waals surface area (Å²) in [4.78, 5) is 12.6. The van der Waals surface area contributed by atoms with Crippen molar-refractivity contribution in [2.45, 2.75) is 6.61 Å². The van der Waals surface area contributed by atoms with Crippen molar-refractivity contribution < 1.29 is 9.53 Å². The maximum absolute atomic E-state index is 12.6. The summed E-state index contributed by atoms with van der Waals surface area (Å²) in [6.07, 6.45) is 1.43. The van der Waals surface area contributed by atoms with Crippen LogP contribution in [0.2, 0.25) is 10.0 Å². The number of benzene rings is 4. The van der Waals surface area contributed by atoms with Gasteiger partial charge in [-0.15, -0.1) is 0 Å². The normalized spacial score (nSPS) is 11.2. The van der Waals surface area contributed by atoms with Crippen LogP contribution in [0.4, 0.5) is 5.69 Å². The third-order valence-corrected chi connectivity index (χ3v) is 6.09. The summed E-state index contributed by atoms with van der Waals surface area (Å²) < 4.78 is 6.76. The molecule has 0 aliphatic rings. The van der Waals surface area contributed by atoms with Crippen molar-refractivity contribution in [1.29, 1.82) is 5.26 Å². The van der Waals surface area contributed by atoms with E-state index in [1.54, 1.807) is 30.3 Å². The number of ether oxygens (including phenoxy) is 1. The molecule has 1 amide bonds. The van der Waals surface area contributed by atoms with Gasteiger partial charge in [-0.2, -0.15) is 5.26 Å². The lowest BCUT2D eigenvalue weighted by atomic mass is 10.1. The van der Waals surface area contributed by atoms with Crippen LogP contribution < -0.4 is 10.1 Å². The Bertz CT molecular complexity index is 1430. The van der Waals surface area contributed by atoms with Crippen molar-refractivity contribution in [2.75, 3.05) is 5.32 Å². The highest BCUT2D eigenvalue weighted by Gasteiger charge is 2.14. The number of carbonyl (C=O) groups excluding carboxylic acids is 1. The Hall–Kier alpha value is -3.30. The second kappa shape index (κ2) is 10.8. The molecular formula is C27H17BrCl2N2O2. The second-order valence-corrected chi connectivity index (χ2v) is 9.10. The van der Waals surface area contributed by atoms with Crippen LogP contribution in [0.5, 0.6) is 5.75 Å². The highest BCUT2D eigenvalue weighted by atomic mass is 79.9. The maximum atomic E-state index is 12.6. The zero-order chi connectivity index (χ0) is 24.1. The van der Waals surface area contributed by atoms with Gasteiger partial charge in [-0.3, -0.25) is 4.79 Å². The van der Waals surface area contributed by atoms with Gasteiger partial charge in [0, 0.05) is 10.2 Å². The van der Waals surface area contributed by atoms with Crippen molar-refractivity contribution in [3.63, 3.8) is 0 Å². The zero-order valence-corrected chi connectivity index (χ0v) is 20.8. The minimum absolute atomic E-state index is 0.0865. The molecule has 0 heterocycles. The quantitative estimate of drug-likeness (QED) is 0.195. The van der Waals surface area contributed by atoms with Crippen LogP contribution in [0.3, 0.4) is 0 Å². The fourth-order valence-corrected chi connectivity index (χ4v) is 4.46. The van der Waals surface area contributed by atoms with E-state index in [2.05, 4.69) is 21.2 Å². The van der Waals surface area contributed by atoms with Crippen molar-refractivity contribution >= 4 is 67.6 Å². The largest absolute Gasteiger partial charge is 0.486 e. The number of nitrogens with zero attached hydrogens (tertiary/aromatic N) is 1. The van der Waals surface area contributed by atoms with E-state index in [9.17, 15) is 10.1 Å². The number of rotatable bonds is 6. The Morgan fingerprint density at radius 2 is 1.71 bits per heavy atom. The van der Waals surface area contributed by atoms with Crippen LogP contribution in [0.25, 0.3) is 16.8 Å². The molecule has 4 aromatic carbocycles. The highest BCUT2D eigenvalue weighted by molar-refractivity contribution is 9.10. The van der Waals surface area contributed by atoms with Crippen molar-refractivity contribution in [3.05, 3.63) is 110 Å². The molecule has 0 bridgehead atoms. The van der Waals surface area contributed by atoms with E-state index in [0.29, 0.717) is 17.0 Å². The number of fused-ring (bicyclic) bond motifs is 1. The smallest absolute Gasteiger partial charge is 0.266 e. The summed E-state index contributed by atoms with van der Waals surface area (Å²) in [7, 11) is 0. The van der Waals surface area contributed by atoms with Gasteiger partial charge in [-0.05, 0) is 58.3 Å². The lowest BCUT2D eigenvalue weighted by molar-refractivity contribution is -0.112. The molecule has 0 aliphatic carbocycles. The van der Waals surface area contributed by atoms with Gasteiger partial charge in [0.05, 0.1) is 10.0 Å². The van der Waals surface area contributed by atoms with E-state index in [1.807, 2.05) is 54.6 Å². The van der Waals surface area contributed by atoms with Gasteiger partial charge < -0.3 is 10.1 Å². The summed E-state index contributed by atoms with van der Waals surface area (Å²) in [5.41, 5.74) is 1.99. The first kappa shape index (κ1) is 23.8. The van der Waals surface area contributed by atoms with E-state index in [-0.39, 0.29) is 22.2 Å². The van der Waals surface area contributed by atoms with Gasteiger partial charge >= 0.3 is 0 Å². The Balaban J connectivity index is 1.53. The molecule has 4 rings (SSSR count). The standard InChI is InChI=1S/C27H17BrCl2N2O2/c28-21-8-4-9-22(14-21)32-27(33)20(15-31)11-17-12-24(29)26(25(30)13-17)34-16-19-7-3-6-18-5-1-2-10-23(18)19/h1-14H,16H2,(H,32,33)/b20-11-. The Labute approximate surface area is 215 Å². The van der Waals surface area contributed by atoms with Gasteiger partial charge in [-0.1, -0.05) is 87.7 Å². The monoisotopic (exact) mass is 550 g/mol. The number of halogens is 3. The van der Waals surface area contributed by atoms with E-state index in [4.69, 9.17) is 27.9 Å². The molecule has 0 radical (unpaired) electrons. The molecule has 0 aliphatic heterocycles. The van der Waals surface area contributed by atoms with Gasteiger partial charge in [0.25, 0.3) is 5.91 Å². The summed E-state index contributed by atoms with van der Waals surface area (Å²) in [6, 6.07) is 26.3. The van der Waals surface area contributed by atoms with Crippen molar-refractivity contribution in [3.8, 4) is 11.8 Å². The van der Waals surface area contributed by atoms with E-state index < -0.39 is 5.91 Å². The number of hydrogen-bond donors (Lipinski definition) is 1. The van der Waals surface area contributed by atoms with Crippen molar-refractivity contribution in [2.24, 2.45) is 0 Å². The predicted octanol–water partition coefficient (Wildman–Crippen LogP) is 8.03. The number of amides is 1. The third kappa shape index (κ3) is 5.60. The molecule has 0 fully saturated rings. The van der Waals surface area contributed by atoms with Gasteiger partial charge in [0.1, 0.15) is 18.2 Å². The number of nitriles is 1. The average Bonchev–Trinajstić information content (AvgIpc) is 2.82. The molecule has 0 aromatic heterocycles. The second-order valence-electron chi connectivity index (χ2n) is 7.37. The van der Waals surface area contributed by atoms with Crippen molar-refractivity contribution in [1.82, 2.24) is 0 Å². The van der Waals surface area contributed by atoms with Crippen LogP contribution in [0.1, 0.15) is 11.1 Å². The van der Waals surface area contributed by atoms with E-state index >= 15 is 0 Å². The first-order chi connectivity index (χ1) is 16.4. The number of nitrogens with one attached hydrogen (secondary N) is 1. The lowest BCUT2D eigenvalue weighted by Gasteiger charge is -2.13. The molecular weight excluding hydrogens is 535 g/mol. The lowest BCUT2D eigenvalue weighted by Crippen LogP contribution is -2.13. The molecule has 168 valence electrons. The maximum Gasteiger partial charge on any atom is 0.266 e. The van der Waals surface area contributed by atoms with Gasteiger partial charge in [0.2, 0.25) is 0 Å². The minimum atomic E-state index is -0.538. The molecule has 0 atom stereocenters. The van der Waals surface area contributed by atoms with Gasteiger partial charge in [0.15, 0.2) is 5.75 Å². The molecule has 0 unspecified atom stereocenters. The fraction of sp³-hybridized carbons (Fsp3) is 0.0370. The Morgan fingerprint density at radius 3 is 2.44 bits per heavy atom. The van der Waals surface area contributed by atoms with Crippen LogP contribution in [0, 0.1) is 11.3 Å². The fourth-order valence-electron chi connectivity index (χ4n) is 3.45. The zero-order valence-electron chi connectivity index (χ0n) is 17.7. The number of carbonyl (C=O) groups is 1. The Kier molecular flexibility index (Phi) is 7.54. The summed E-state index contributed by atoms with van der Waals surface area (Å²) in [5, 5.41) is 15.0. The minimum Gasteiger partial charge on any atom is -0.486 e. The van der Waals surface area contributed by atoms with E-state index in [1.165, 1.54) is 6.08 Å². The number of anilines is 1. The molecule has 4 aromatic rings. The van der Waals surface area contributed by atoms with E-state index in [0.717, 1.165) is 20.8 Å². The molecule has 1 N–H and O–H groups in total. The van der Waals surface area contributed by atoms with Crippen LogP contribution in [-0.4, -0.2) is 5.91 Å². The first-order valence-corrected chi connectivity index (χ1v) is 11.8. The van der Waals surface area contributed by atoms with Crippen LogP contribution in [0.15, 0.2) is 88.9 Å². The molecule has 0 saturated carbocycles. The summed E-state index contributed by atoms with van der Waals surface area (Å²) in [6.45, 7) is 0.286. The molecule has 0 spiro atoms. The van der Waals surface area contributed by atoms with Crippen LogP contribution >= 0.6 is 39.1 Å². The average molecular weight is 552 g/mol. The third-order valence-electron chi connectivity index (χ3n) is 5.03. The summed E-state index contributed by atoms with van der Waals surface area (Å²) >= 11 is 16.2. The molecule has 0 saturated heterocycles. The topological polar surface area (TPSA) is 62.1 Å². The SMILES string of the molecule is N#C/C(=C/c1cc(Cl)c(OCc2cccc3ccccc23)c(Cl)c1)C(=O)Nc1cccc(Br)c1. The van der Waals surface area contributed by atoms with Gasteiger partial charge in [-0.25, -0.2) is 0 Å². The highest BCUT2D eigenvalue weighted by Crippen LogP contribution is 2.36. The number of hydrogen-bond acceptors (Lipinski definition) is 3. The molecule has 7 heteroatoms. The summed E-state index contributed by atoms with van der Waals surface area (Å²) in [5.74, 6) is -0.199. The molecule has 34 heavy (non-hydrogen) atoms. The first-order valence-electron chi connectivity index (χ1n) is 10.2. The van der Waals surface area contributed by atoms with Crippen LogP contribution in [-0.2, 0) is 11.4 Å². The Morgan fingerprint density at radius 1 is 1.00 bits per heavy atom. The predicted molar refractivity (Wildman–Crippen MR) is 141 cm³/mol. The molecule has 4 nitrogen and oxygen atoms in total.